The van der Waals surface area contributed by atoms with Crippen LogP contribution in [0.2, 0.25) is 0 Å². The first-order valence-corrected chi connectivity index (χ1v) is 15.6. The van der Waals surface area contributed by atoms with Gasteiger partial charge in [-0.1, -0.05) is 41.6 Å². The number of rotatable bonds is 4. The number of hydrogen-bond donors (Lipinski definition) is 0. The Morgan fingerprint density at radius 3 is 2.41 bits per heavy atom. The molecule has 3 aliphatic rings. The Bertz CT molecular complexity index is 1710. The van der Waals surface area contributed by atoms with E-state index in [1.165, 1.54) is 0 Å². The predicted molar refractivity (Wildman–Crippen MR) is 169 cm³/mol. The SMILES string of the molecule is CC(=O)N1CCN(c2nc(N3CCC4(CCC(=O)N4C)CC3)nc3ccc(-c4c(C)noc4C)cc23)[C@@H](c2ccccc2)C1. The average molecular weight is 594 g/mol. The highest BCUT2D eigenvalue weighted by Crippen LogP contribution is 2.41. The van der Waals surface area contributed by atoms with Crippen molar-refractivity contribution in [1.82, 2.24) is 24.9 Å². The quantitative estimate of drug-likeness (QED) is 0.330. The van der Waals surface area contributed by atoms with E-state index in [1.54, 1.807) is 6.92 Å². The fourth-order valence-electron chi connectivity index (χ4n) is 7.44. The summed E-state index contributed by atoms with van der Waals surface area (Å²) in [6, 6.07) is 16.6. The minimum atomic E-state index is -0.0645. The van der Waals surface area contributed by atoms with E-state index in [4.69, 9.17) is 14.5 Å². The number of aryl methyl sites for hydroxylation is 2. The highest BCUT2D eigenvalue weighted by Gasteiger charge is 2.45. The van der Waals surface area contributed by atoms with Crippen molar-refractivity contribution >= 4 is 34.5 Å². The van der Waals surface area contributed by atoms with E-state index in [-0.39, 0.29) is 23.4 Å². The molecule has 2 amide bonds. The monoisotopic (exact) mass is 593 g/mol. The van der Waals surface area contributed by atoms with Crippen molar-refractivity contribution in [3.63, 3.8) is 0 Å². The van der Waals surface area contributed by atoms with Crippen molar-refractivity contribution in [3.05, 3.63) is 65.5 Å². The number of aromatic nitrogens is 3. The first-order chi connectivity index (χ1) is 21.2. The van der Waals surface area contributed by atoms with E-state index >= 15 is 0 Å². The van der Waals surface area contributed by atoms with Crippen LogP contribution in [0.25, 0.3) is 22.0 Å². The van der Waals surface area contributed by atoms with E-state index in [2.05, 4.69) is 45.3 Å². The van der Waals surface area contributed by atoms with Gasteiger partial charge in [0, 0.05) is 69.6 Å². The van der Waals surface area contributed by atoms with Gasteiger partial charge in [0.05, 0.1) is 17.3 Å². The number of anilines is 2. The minimum Gasteiger partial charge on any atom is -0.361 e. The first-order valence-electron chi connectivity index (χ1n) is 15.6. The molecule has 0 aliphatic carbocycles. The molecule has 44 heavy (non-hydrogen) atoms. The smallest absolute Gasteiger partial charge is 0.227 e. The van der Waals surface area contributed by atoms with E-state index in [9.17, 15) is 9.59 Å². The predicted octanol–water partition coefficient (Wildman–Crippen LogP) is 4.90. The molecule has 5 heterocycles. The molecule has 2 aromatic carbocycles. The number of fused-ring (bicyclic) bond motifs is 1. The van der Waals surface area contributed by atoms with Crippen LogP contribution < -0.4 is 9.80 Å². The van der Waals surface area contributed by atoms with Crippen molar-refractivity contribution < 1.29 is 14.1 Å². The molecule has 10 nitrogen and oxygen atoms in total. The van der Waals surface area contributed by atoms with Crippen LogP contribution in [0.3, 0.4) is 0 Å². The van der Waals surface area contributed by atoms with Gasteiger partial charge in [-0.3, -0.25) is 9.59 Å². The van der Waals surface area contributed by atoms with Gasteiger partial charge >= 0.3 is 0 Å². The third-order valence-electron chi connectivity index (χ3n) is 10.1. The topological polar surface area (TPSA) is 98.9 Å². The van der Waals surface area contributed by atoms with Gasteiger partial charge in [-0.25, -0.2) is 4.98 Å². The summed E-state index contributed by atoms with van der Waals surface area (Å²) in [5.74, 6) is 2.67. The Morgan fingerprint density at radius 1 is 0.977 bits per heavy atom. The number of carbonyl (C=O) groups excluding carboxylic acids is 2. The number of benzene rings is 2. The third kappa shape index (κ3) is 4.76. The fraction of sp³-hybridized carbons (Fsp3) is 0.441. The zero-order valence-electron chi connectivity index (χ0n) is 25.9. The maximum absolute atomic E-state index is 12.5. The Morgan fingerprint density at radius 2 is 1.75 bits per heavy atom. The van der Waals surface area contributed by atoms with Crippen LogP contribution in [0.1, 0.15) is 55.7 Å². The fourth-order valence-corrected chi connectivity index (χ4v) is 7.44. The van der Waals surface area contributed by atoms with Gasteiger partial charge < -0.3 is 24.1 Å². The largest absolute Gasteiger partial charge is 0.361 e. The average Bonchev–Trinajstić information content (AvgIpc) is 3.53. The van der Waals surface area contributed by atoms with Gasteiger partial charge in [0.15, 0.2) is 0 Å². The maximum atomic E-state index is 12.5. The molecule has 0 N–H and O–H groups in total. The molecule has 228 valence electrons. The van der Waals surface area contributed by atoms with Crippen LogP contribution >= 0.6 is 0 Å². The molecule has 1 spiro atoms. The van der Waals surface area contributed by atoms with Crippen LogP contribution in [-0.4, -0.2) is 82.0 Å². The molecule has 0 unspecified atom stereocenters. The molecule has 10 heteroatoms. The lowest BCUT2D eigenvalue weighted by Gasteiger charge is -2.44. The highest BCUT2D eigenvalue weighted by atomic mass is 16.5. The van der Waals surface area contributed by atoms with Crippen molar-refractivity contribution in [2.45, 2.75) is 58.0 Å². The van der Waals surface area contributed by atoms with Gasteiger partial charge in [-0.2, -0.15) is 4.98 Å². The van der Waals surface area contributed by atoms with Crippen molar-refractivity contribution in [3.8, 4) is 11.1 Å². The number of piperazine rings is 1. The second-order valence-electron chi connectivity index (χ2n) is 12.5. The molecule has 3 saturated heterocycles. The van der Waals surface area contributed by atoms with Crippen LogP contribution in [0.15, 0.2) is 53.1 Å². The number of hydrogen-bond acceptors (Lipinski definition) is 8. The number of amides is 2. The van der Waals surface area contributed by atoms with E-state index in [1.807, 2.05) is 48.9 Å². The minimum absolute atomic E-state index is 0.0576. The van der Waals surface area contributed by atoms with Gasteiger partial charge in [0.25, 0.3) is 0 Å². The number of nitrogens with zero attached hydrogens (tertiary/aromatic N) is 7. The Balaban J connectivity index is 1.33. The van der Waals surface area contributed by atoms with Gasteiger partial charge in [-0.05, 0) is 56.4 Å². The molecule has 0 saturated carbocycles. The summed E-state index contributed by atoms with van der Waals surface area (Å²) in [5, 5.41) is 5.15. The molecule has 0 radical (unpaired) electrons. The molecular formula is C34H39N7O3. The molecule has 7 rings (SSSR count). The highest BCUT2D eigenvalue weighted by molar-refractivity contribution is 5.94. The van der Waals surface area contributed by atoms with Crippen molar-refractivity contribution in [2.24, 2.45) is 0 Å². The standard InChI is InChI=1S/C34H39N7O3/c1-22-31(23(2)44-37-22)26-10-11-28-27(20-26)32(41-19-18-40(24(3)42)21-29(41)25-8-6-5-7-9-25)36-33(35-28)39-16-14-34(15-17-39)13-12-30(43)38(34)4/h5-11,20,29H,12-19,21H2,1-4H3/t29-/m1/s1. The lowest BCUT2D eigenvalue weighted by atomic mass is 9.85. The zero-order valence-corrected chi connectivity index (χ0v) is 25.9. The summed E-state index contributed by atoms with van der Waals surface area (Å²) in [6.45, 7) is 8.97. The van der Waals surface area contributed by atoms with Crippen molar-refractivity contribution in [1.29, 1.82) is 0 Å². The number of carbonyl (C=O) groups is 2. The summed E-state index contributed by atoms with van der Waals surface area (Å²) in [4.78, 5) is 43.9. The summed E-state index contributed by atoms with van der Waals surface area (Å²) >= 11 is 0. The summed E-state index contributed by atoms with van der Waals surface area (Å²) in [7, 11) is 1.95. The lowest BCUT2D eigenvalue weighted by Crippen LogP contribution is -2.52. The van der Waals surface area contributed by atoms with E-state index in [0.29, 0.717) is 32.0 Å². The summed E-state index contributed by atoms with van der Waals surface area (Å²) in [6.07, 6.45) is 3.36. The second kappa shape index (κ2) is 10.9. The summed E-state index contributed by atoms with van der Waals surface area (Å²) in [5.41, 5.74) is 4.80. The second-order valence-corrected chi connectivity index (χ2v) is 12.5. The molecule has 3 aliphatic heterocycles. The van der Waals surface area contributed by atoms with Gasteiger partial charge in [0.2, 0.25) is 17.8 Å². The van der Waals surface area contributed by atoms with E-state index in [0.717, 1.165) is 77.2 Å². The van der Waals surface area contributed by atoms with Crippen LogP contribution in [0, 0.1) is 13.8 Å². The Labute approximate surface area is 257 Å². The molecule has 3 fully saturated rings. The van der Waals surface area contributed by atoms with Crippen LogP contribution in [-0.2, 0) is 9.59 Å². The third-order valence-corrected chi connectivity index (χ3v) is 10.1. The molecule has 0 bridgehead atoms. The summed E-state index contributed by atoms with van der Waals surface area (Å²) < 4.78 is 5.51. The van der Waals surface area contributed by atoms with Gasteiger partial charge in [-0.15, -0.1) is 0 Å². The maximum Gasteiger partial charge on any atom is 0.227 e. The molecule has 1 atom stereocenters. The first kappa shape index (κ1) is 28.3. The van der Waals surface area contributed by atoms with Gasteiger partial charge in [0.1, 0.15) is 11.6 Å². The van der Waals surface area contributed by atoms with Crippen LogP contribution in [0.4, 0.5) is 11.8 Å². The zero-order chi connectivity index (χ0) is 30.6. The van der Waals surface area contributed by atoms with Crippen LogP contribution in [0.5, 0.6) is 0 Å². The molecular weight excluding hydrogens is 554 g/mol. The lowest BCUT2D eigenvalue weighted by molar-refractivity contribution is -0.130. The molecule has 2 aromatic heterocycles. The Hall–Kier alpha value is -4.47. The molecule has 4 aromatic rings. The van der Waals surface area contributed by atoms with Crippen molar-refractivity contribution in [2.75, 3.05) is 49.6 Å². The number of piperidine rings is 1. The normalized spacial score (nSPS) is 20.3. The van der Waals surface area contributed by atoms with E-state index < -0.39 is 0 Å². The number of likely N-dealkylation sites (tertiary alicyclic amines) is 1. The Kier molecular flexibility index (Phi) is 7.02.